The van der Waals surface area contributed by atoms with E-state index < -0.39 is 23.5 Å². The highest BCUT2D eigenvalue weighted by molar-refractivity contribution is 6.08. The highest BCUT2D eigenvalue weighted by Crippen LogP contribution is 2.37. The summed E-state index contributed by atoms with van der Waals surface area (Å²) in [5, 5.41) is 10.1. The predicted octanol–water partition coefficient (Wildman–Crippen LogP) is 2.40. The number of nitrogens with zero attached hydrogens (tertiary/aromatic N) is 3. The molecule has 1 N–H and O–H groups in total. The zero-order valence-corrected chi connectivity index (χ0v) is 13.7. The minimum Gasteiger partial charge on any atom is -0.503 e. The molecular weight excluding hydrogens is 325 g/mol. The molecular formula is C18H18FN3O3. The minimum absolute atomic E-state index is 0.0549. The van der Waals surface area contributed by atoms with Gasteiger partial charge >= 0.3 is 0 Å². The Morgan fingerprint density at radius 1 is 1.28 bits per heavy atom. The first-order valence-electron chi connectivity index (χ1n) is 7.95. The molecule has 1 aromatic carbocycles. The maximum absolute atomic E-state index is 13.2. The van der Waals surface area contributed by atoms with Crippen molar-refractivity contribution < 1.29 is 19.1 Å². The van der Waals surface area contributed by atoms with Crippen LogP contribution in [0.25, 0.3) is 0 Å². The van der Waals surface area contributed by atoms with Gasteiger partial charge in [0, 0.05) is 25.5 Å². The van der Waals surface area contributed by atoms with Crippen LogP contribution in [-0.2, 0) is 16.1 Å². The molecule has 2 heterocycles. The van der Waals surface area contributed by atoms with Crippen LogP contribution in [0.1, 0.15) is 24.9 Å². The Bertz CT molecular complexity index is 813. The van der Waals surface area contributed by atoms with E-state index in [-0.39, 0.29) is 11.4 Å². The van der Waals surface area contributed by atoms with E-state index in [0.29, 0.717) is 25.1 Å². The fourth-order valence-corrected chi connectivity index (χ4v) is 3.08. The number of halogens is 1. The molecule has 0 saturated carbocycles. The van der Waals surface area contributed by atoms with Gasteiger partial charge in [0.2, 0.25) is 0 Å². The van der Waals surface area contributed by atoms with Gasteiger partial charge in [-0.05, 0) is 31.0 Å². The van der Waals surface area contributed by atoms with Crippen molar-refractivity contribution in [3.05, 3.63) is 65.7 Å². The van der Waals surface area contributed by atoms with Gasteiger partial charge in [0.25, 0.3) is 5.91 Å². The summed E-state index contributed by atoms with van der Waals surface area (Å²) < 4.78 is 15.1. The van der Waals surface area contributed by atoms with Gasteiger partial charge in [0.05, 0.1) is 17.9 Å². The van der Waals surface area contributed by atoms with Crippen LogP contribution in [0.5, 0.6) is 0 Å². The second-order valence-electron chi connectivity index (χ2n) is 5.93. The van der Waals surface area contributed by atoms with Crippen molar-refractivity contribution in [1.82, 2.24) is 14.5 Å². The van der Waals surface area contributed by atoms with Crippen molar-refractivity contribution in [2.24, 2.45) is 0 Å². The maximum atomic E-state index is 13.2. The average Bonchev–Trinajstić information content (AvgIpc) is 3.17. The molecule has 0 saturated heterocycles. The van der Waals surface area contributed by atoms with Crippen molar-refractivity contribution in [3.63, 3.8) is 0 Å². The lowest BCUT2D eigenvalue weighted by Gasteiger charge is -2.26. The van der Waals surface area contributed by atoms with E-state index in [1.165, 1.54) is 36.1 Å². The number of amides is 1. The van der Waals surface area contributed by atoms with Gasteiger partial charge in [0.15, 0.2) is 11.5 Å². The summed E-state index contributed by atoms with van der Waals surface area (Å²) in [6.45, 7) is 2.31. The monoisotopic (exact) mass is 343 g/mol. The lowest BCUT2D eigenvalue weighted by Crippen LogP contribution is -2.32. The molecule has 1 amide bonds. The Morgan fingerprint density at radius 2 is 2.00 bits per heavy atom. The van der Waals surface area contributed by atoms with E-state index in [2.05, 4.69) is 4.98 Å². The van der Waals surface area contributed by atoms with Crippen molar-refractivity contribution in [2.45, 2.75) is 25.9 Å². The van der Waals surface area contributed by atoms with Crippen molar-refractivity contribution in [1.29, 1.82) is 0 Å². The number of aliphatic hydroxyl groups excluding tert-OH is 1. The first-order chi connectivity index (χ1) is 12.0. The van der Waals surface area contributed by atoms with Crippen LogP contribution in [0, 0.1) is 5.82 Å². The molecule has 7 heteroatoms. The number of Topliss-reactive ketones (excluding diaryl/α,β-unsaturated/α-hetero) is 1. The molecule has 6 nitrogen and oxygen atoms in total. The van der Waals surface area contributed by atoms with E-state index >= 15 is 0 Å². The normalized spacial score (nSPS) is 17.4. The molecule has 0 radical (unpaired) electrons. The number of aliphatic hydroxyl groups is 1. The summed E-state index contributed by atoms with van der Waals surface area (Å²) in [6.07, 6.45) is 5.79. The highest BCUT2D eigenvalue weighted by Gasteiger charge is 2.41. The summed E-state index contributed by atoms with van der Waals surface area (Å²) in [5.74, 6) is -1.88. The summed E-state index contributed by atoms with van der Waals surface area (Å²) in [4.78, 5) is 29.8. The van der Waals surface area contributed by atoms with Gasteiger partial charge in [0.1, 0.15) is 5.82 Å². The molecule has 25 heavy (non-hydrogen) atoms. The van der Waals surface area contributed by atoms with Crippen LogP contribution >= 0.6 is 0 Å². The summed E-state index contributed by atoms with van der Waals surface area (Å²) >= 11 is 0. The third-order valence-electron chi connectivity index (χ3n) is 4.24. The van der Waals surface area contributed by atoms with Gasteiger partial charge < -0.3 is 14.6 Å². The van der Waals surface area contributed by atoms with Crippen LogP contribution in [0.4, 0.5) is 4.39 Å². The molecule has 0 aliphatic carbocycles. The van der Waals surface area contributed by atoms with E-state index in [9.17, 15) is 19.1 Å². The largest absolute Gasteiger partial charge is 0.503 e. The van der Waals surface area contributed by atoms with Crippen LogP contribution in [0.2, 0.25) is 0 Å². The Balaban J connectivity index is 1.85. The van der Waals surface area contributed by atoms with Gasteiger partial charge in [-0.15, -0.1) is 0 Å². The van der Waals surface area contributed by atoms with Crippen molar-refractivity contribution in [2.75, 3.05) is 6.54 Å². The fourth-order valence-electron chi connectivity index (χ4n) is 3.08. The van der Waals surface area contributed by atoms with E-state index in [0.717, 1.165) is 0 Å². The number of benzene rings is 1. The second kappa shape index (κ2) is 6.88. The van der Waals surface area contributed by atoms with Gasteiger partial charge in [-0.25, -0.2) is 9.37 Å². The smallest absolute Gasteiger partial charge is 0.290 e. The number of hydrogen-bond donors (Lipinski definition) is 1. The van der Waals surface area contributed by atoms with Gasteiger partial charge in [-0.1, -0.05) is 12.1 Å². The molecule has 0 unspecified atom stereocenters. The molecule has 1 atom stereocenters. The van der Waals surface area contributed by atoms with Gasteiger partial charge in [-0.2, -0.15) is 0 Å². The number of aromatic nitrogens is 2. The average molecular weight is 343 g/mol. The molecule has 1 aliphatic heterocycles. The Kier molecular flexibility index (Phi) is 4.65. The predicted molar refractivity (Wildman–Crippen MR) is 88.0 cm³/mol. The van der Waals surface area contributed by atoms with E-state index in [1.807, 2.05) is 10.8 Å². The van der Waals surface area contributed by atoms with Crippen LogP contribution in [-0.4, -0.2) is 37.8 Å². The van der Waals surface area contributed by atoms with Crippen molar-refractivity contribution >= 4 is 11.7 Å². The summed E-state index contributed by atoms with van der Waals surface area (Å²) in [5.41, 5.74) is 0.644. The maximum Gasteiger partial charge on any atom is 0.290 e. The van der Waals surface area contributed by atoms with Crippen LogP contribution < -0.4 is 0 Å². The quantitative estimate of drug-likeness (QED) is 0.874. The molecule has 1 aliphatic rings. The molecule has 130 valence electrons. The Morgan fingerprint density at radius 3 is 2.60 bits per heavy atom. The molecule has 3 rings (SSSR count). The third kappa shape index (κ3) is 3.31. The third-order valence-corrected chi connectivity index (χ3v) is 4.24. The Labute approximate surface area is 144 Å². The number of carbonyl (C=O) groups is 2. The lowest BCUT2D eigenvalue weighted by atomic mass is 9.96. The number of rotatable bonds is 6. The van der Waals surface area contributed by atoms with Crippen LogP contribution in [0.3, 0.4) is 0 Å². The first kappa shape index (κ1) is 16.9. The zero-order chi connectivity index (χ0) is 18.0. The topological polar surface area (TPSA) is 75.4 Å². The number of hydrogen-bond acceptors (Lipinski definition) is 4. The van der Waals surface area contributed by atoms with E-state index in [4.69, 9.17) is 0 Å². The van der Waals surface area contributed by atoms with Crippen LogP contribution in [0.15, 0.2) is 54.3 Å². The first-order valence-corrected chi connectivity index (χ1v) is 7.95. The SMILES string of the molecule is CC(=O)C1=C(O)C(=O)N(CCCn2ccnc2)[C@@H]1c1ccc(F)cc1. The van der Waals surface area contributed by atoms with Crippen molar-refractivity contribution in [3.8, 4) is 0 Å². The molecule has 2 aromatic rings. The molecule has 0 spiro atoms. The number of carbonyl (C=O) groups excluding carboxylic acids is 2. The molecule has 0 bridgehead atoms. The second-order valence-corrected chi connectivity index (χ2v) is 5.93. The van der Waals surface area contributed by atoms with Gasteiger partial charge in [-0.3, -0.25) is 9.59 Å². The molecule has 1 aromatic heterocycles. The zero-order valence-electron chi connectivity index (χ0n) is 13.7. The summed E-state index contributed by atoms with van der Waals surface area (Å²) in [7, 11) is 0. The number of ketones is 1. The number of aryl methyl sites for hydroxylation is 1. The Hall–Kier alpha value is -2.96. The molecule has 0 fully saturated rings. The number of imidazole rings is 1. The van der Waals surface area contributed by atoms with E-state index in [1.54, 1.807) is 12.5 Å². The lowest BCUT2D eigenvalue weighted by molar-refractivity contribution is -0.129. The summed E-state index contributed by atoms with van der Waals surface area (Å²) in [6, 6.07) is 4.90. The minimum atomic E-state index is -0.701. The standard InChI is InChI=1S/C18H18FN3O3/c1-12(23)15-16(13-3-5-14(19)6-4-13)22(18(25)17(15)24)9-2-8-21-10-7-20-11-21/h3-7,10-11,16,24H,2,8-9H2,1H3/t16-/m1/s1. The highest BCUT2D eigenvalue weighted by atomic mass is 19.1. The fraction of sp³-hybridized carbons (Fsp3) is 0.278.